The minimum atomic E-state index is -3.58. The quantitative estimate of drug-likeness (QED) is 0.567. The van der Waals surface area contributed by atoms with Crippen LogP contribution in [0.25, 0.3) is 11.0 Å². The summed E-state index contributed by atoms with van der Waals surface area (Å²) in [6, 6.07) is 5.47. The predicted molar refractivity (Wildman–Crippen MR) is 125 cm³/mol. The van der Waals surface area contributed by atoms with Crippen LogP contribution in [0.5, 0.6) is 0 Å². The first-order valence-electron chi connectivity index (χ1n) is 11.5. The van der Waals surface area contributed by atoms with Crippen molar-refractivity contribution in [1.29, 1.82) is 0 Å². The molecule has 1 amide bonds. The van der Waals surface area contributed by atoms with Gasteiger partial charge in [0.15, 0.2) is 5.16 Å². The number of likely N-dealkylation sites (tertiary alicyclic amines) is 1. The van der Waals surface area contributed by atoms with Crippen molar-refractivity contribution in [2.24, 2.45) is 0 Å². The van der Waals surface area contributed by atoms with E-state index in [2.05, 4.69) is 6.92 Å². The first-order valence-corrected chi connectivity index (χ1v) is 13.9. The maximum absolute atomic E-state index is 13.0. The molecule has 176 valence electrons. The molecular formula is C22H32N4O4S2. The van der Waals surface area contributed by atoms with Crippen LogP contribution in [-0.4, -0.2) is 77.7 Å². The van der Waals surface area contributed by atoms with Crippen LogP contribution in [0.1, 0.15) is 39.5 Å². The lowest BCUT2D eigenvalue weighted by Crippen LogP contribution is -2.44. The lowest BCUT2D eigenvalue weighted by atomic mass is 10.0. The molecule has 0 unspecified atom stereocenters. The molecule has 0 N–H and O–H groups in total. The van der Waals surface area contributed by atoms with Crippen molar-refractivity contribution in [3.8, 4) is 0 Å². The molecule has 2 aliphatic heterocycles. The van der Waals surface area contributed by atoms with Crippen molar-refractivity contribution in [3.63, 3.8) is 0 Å². The molecule has 2 saturated heterocycles. The summed E-state index contributed by atoms with van der Waals surface area (Å²) in [5, 5.41) is 0.752. The third kappa shape index (κ3) is 4.69. The maximum atomic E-state index is 13.0. The van der Waals surface area contributed by atoms with E-state index in [1.54, 1.807) is 12.1 Å². The minimum Gasteiger partial charge on any atom is -0.379 e. The number of carbonyl (C=O) groups is 1. The number of piperidine rings is 1. The van der Waals surface area contributed by atoms with Crippen LogP contribution in [-0.2, 0) is 26.1 Å². The summed E-state index contributed by atoms with van der Waals surface area (Å²) < 4.78 is 34.8. The molecule has 2 fully saturated rings. The van der Waals surface area contributed by atoms with E-state index in [1.807, 2.05) is 22.5 Å². The molecule has 2 aromatic rings. The summed E-state index contributed by atoms with van der Waals surface area (Å²) >= 11 is 1.44. The lowest BCUT2D eigenvalue weighted by molar-refractivity contribution is -0.132. The highest BCUT2D eigenvalue weighted by molar-refractivity contribution is 7.99. The number of amides is 1. The highest BCUT2D eigenvalue weighted by atomic mass is 32.2. The fourth-order valence-corrected chi connectivity index (χ4v) is 6.96. The minimum absolute atomic E-state index is 0.159. The number of sulfonamides is 1. The molecule has 3 heterocycles. The summed E-state index contributed by atoms with van der Waals surface area (Å²) in [6.07, 6.45) is 4.34. The largest absolute Gasteiger partial charge is 0.379 e. The number of hydrogen-bond donors (Lipinski definition) is 0. The Balaban J connectivity index is 1.54. The van der Waals surface area contributed by atoms with Crippen LogP contribution in [0, 0.1) is 0 Å². The molecule has 0 bridgehead atoms. The molecular weight excluding hydrogens is 448 g/mol. The van der Waals surface area contributed by atoms with Gasteiger partial charge in [0.05, 0.1) is 34.9 Å². The van der Waals surface area contributed by atoms with Crippen molar-refractivity contribution in [2.45, 2.75) is 62.2 Å². The SMILES string of the molecule is CC[C@@H]1CCCCN1C(=O)CSc1nc2cc(S(=O)(=O)N3CCOCC3)ccc2n1CC. The van der Waals surface area contributed by atoms with Gasteiger partial charge in [-0.2, -0.15) is 4.31 Å². The molecule has 10 heteroatoms. The van der Waals surface area contributed by atoms with E-state index < -0.39 is 10.0 Å². The summed E-state index contributed by atoms with van der Waals surface area (Å²) in [6.45, 7) is 7.26. The average Bonchev–Trinajstić information content (AvgIpc) is 3.19. The highest BCUT2D eigenvalue weighted by Gasteiger charge is 2.28. The topological polar surface area (TPSA) is 84.7 Å². The Hall–Kier alpha value is -1.62. The number of carbonyl (C=O) groups excluding carboxylic acids is 1. The molecule has 1 atom stereocenters. The van der Waals surface area contributed by atoms with Gasteiger partial charge in [-0.1, -0.05) is 18.7 Å². The van der Waals surface area contributed by atoms with Crippen molar-refractivity contribution in [2.75, 3.05) is 38.6 Å². The third-order valence-corrected chi connectivity index (χ3v) is 9.21. The van der Waals surface area contributed by atoms with Gasteiger partial charge in [0.25, 0.3) is 0 Å². The van der Waals surface area contributed by atoms with Gasteiger partial charge in [0.1, 0.15) is 0 Å². The van der Waals surface area contributed by atoms with Crippen molar-refractivity contribution in [3.05, 3.63) is 18.2 Å². The number of imidazole rings is 1. The summed E-state index contributed by atoms with van der Waals surface area (Å²) in [7, 11) is -3.58. The fourth-order valence-electron chi connectivity index (χ4n) is 4.56. The number of ether oxygens (including phenoxy) is 1. The number of fused-ring (bicyclic) bond motifs is 1. The van der Waals surface area contributed by atoms with Gasteiger partial charge in [0.2, 0.25) is 15.9 Å². The fraction of sp³-hybridized carbons (Fsp3) is 0.636. The zero-order valence-corrected chi connectivity index (χ0v) is 20.5. The van der Waals surface area contributed by atoms with E-state index >= 15 is 0 Å². The highest BCUT2D eigenvalue weighted by Crippen LogP contribution is 2.28. The van der Waals surface area contributed by atoms with Crippen LogP contribution < -0.4 is 0 Å². The molecule has 0 spiro atoms. The Labute approximate surface area is 194 Å². The summed E-state index contributed by atoms with van der Waals surface area (Å²) in [5.41, 5.74) is 1.52. The monoisotopic (exact) mass is 480 g/mol. The Morgan fingerprint density at radius 1 is 1.19 bits per heavy atom. The first kappa shape index (κ1) is 23.5. The van der Waals surface area contributed by atoms with Crippen molar-refractivity contribution in [1.82, 2.24) is 18.8 Å². The number of nitrogens with zero attached hydrogens (tertiary/aromatic N) is 4. The van der Waals surface area contributed by atoms with Gasteiger partial charge in [0, 0.05) is 32.2 Å². The second kappa shape index (κ2) is 10.1. The summed E-state index contributed by atoms with van der Waals surface area (Å²) in [5.74, 6) is 0.505. The van der Waals surface area contributed by atoms with Gasteiger partial charge in [-0.25, -0.2) is 13.4 Å². The Morgan fingerprint density at radius 3 is 2.69 bits per heavy atom. The van der Waals surface area contributed by atoms with E-state index in [0.29, 0.717) is 50.2 Å². The number of thioether (sulfide) groups is 1. The smallest absolute Gasteiger partial charge is 0.243 e. The average molecular weight is 481 g/mol. The van der Waals surface area contributed by atoms with Crippen LogP contribution >= 0.6 is 11.8 Å². The zero-order valence-electron chi connectivity index (χ0n) is 18.8. The molecule has 1 aromatic heterocycles. The molecule has 2 aliphatic rings. The Kier molecular flexibility index (Phi) is 7.44. The number of benzene rings is 1. The van der Waals surface area contributed by atoms with Gasteiger partial charge < -0.3 is 14.2 Å². The predicted octanol–water partition coefficient (Wildman–Crippen LogP) is 2.96. The standard InChI is InChI=1S/C22H32N4O4S2/c1-3-17-7-5-6-10-26(17)21(27)16-31-22-23-19-15-18(8-9-20(19)25(22)4-2)32(28,29)24-11-13-30-14-12-24/h8-9,15,17H,3-7,10-14,16H2,1-2H3/t17-/m1/s1. The van der Waals surface area contributed by atoms with E-state index in [-0.39, 0.29) is 10.8 Å². The van der Waals surface area contributed by atoms with Gasteiger partial charge in [-0.05, 0) is 50.8 Å². The van der Waals surface area contributed by atoms with Crippen LogP contribution in [0.4, 0.5) is 0 Å². The van der Waals surface area contributed by atoms with Crippen LogP contribution in [0.2, 0.25) is 0 Å². The Morgan fingerprint density at radius 2 is 1.97 bits per heavy atom. The van der Waals surface area contributed by atoms with Gasteiger partial charge in [-0.3, -0.25) is 4.79 Å². The molecule has 0 saturated carbocycles. The number of morpholine rings is 1. The van der Waals surface area contributed by atoms with Crippen LogP contribution in [0.3, 0.4) is 0 Å². The summed E-state index contributed by atoms with van der Waals surface area (Å²) in [4.78, 5) is 19.9. The van der Waals surface area contributed by atoms with E-state index in [0.717, 1.165) is 36.5 Å². The second-order valence-corrected chi connectivity index (χ2v) is 11.1. The Bertz CT molecular complexity index is 1060. The molecule has 32 heavy (non-hydrogen) atoms. The number of aryl methyl sites for hydroxylation is 1. The zero-order chi connectivity index (χ0) is 22.7. The second-order valence-electron chi connectivity index (χ2n) is 8.24. The molecule has 8 nitrogen and oxygen atoms in total. The van der Waals surface area contributed by atoms with E-state index in [9.17, 15) is 13.2 Å². The van der Waals surface area contributed by atoms with E-state index in [4.69, 9.17) is 9.72 Å². The van der Waals surface area contributed by atoms with Gasteiger partial charge >= 0.3 is 0 Å². The van der Waals surface area contributed by atoms with Gasteiger partial charge in [-0.15, -0.1) is 0 Å². The van der Waals surface area contributed by atoms with Crippen LogP contribution in [0.15, 0.2) is 28.3 Å². The first-order chi connectivity index (χ1) is 15.5. The molecule has 1 aromatic carbocycles. The third-order valence-electron chi connectivity index (χ3n) is 6.35. The van der Waals surface area contributed by atoms with Crippen molar-refractivity contribution < 1.29 is 17.9 Å². The number of aromatic nitrogens is 2. The maximum Gasteiger partial charge on any atom is 0.243 e. The lowest BCUT2D eigenvalue weighted by Gasteiger charge is -2.35. The normalized spacial score (nSPS) is 20.7. The molecule has 0 radical (unpaired) electrons. The number of rotatable bonds is 7. The van der Waals surface area contributed by atoms with Crippen molar-refractivity contribution >= 4 is 38.7 Å². The molecule has 0 aliphatic carbocycles. The van der Waals surface area contributed by atoms with E-state index in [1.165, 1.54) is 22.5 Å². The molecule has 4 rings (SSSR count). The number of hydrogen-bond acceptors (Lipinski definition) is 6.